The van der Waals surface area contributed by atoms with Gasteiger partial charge in [-0.25, -0.2) is 0 Å². The van der Waals surface area contributed by atoms with Crippen molar-refractivity contribution >= 4 is 5.82 Å². The van der Waals surface area contributed by atoms with Crippen LogP contribution in [-0.2, 0) is 0 Å². The van der Waals surface area contributed by atoms with E-state index in [1.807, 2.05) is 30.3 Å². The lowest BCUT2D eigenvalue weighted by Gasteiger charge is -2.04. The molecule has 0 fully saturated rings. The molecule has 0 bridgehead atoms. The third-order valence-electron chi connectivity index (χ3n) is 3.29. The lowest BCUT2D eigenvalue weighted by molar-refractivity contribution is -0.389. The maximum absolute atomic E-state index is 10.8. The van der Waals surface area contributed by atoms with E-state index in [1.54, 1.807) is 13.8 Å². The Kier molecular flexibility index (Phi) is 3.42. The fourth-order valence-electron chi connectivity index (χ4n) is 2.17. The summed E-state index contributed by atoms with van der Waals surface area (Å²) in [6.07, 6.45) is 0. The fourth-order valence-corrected chi connectivity index (χ4v) is 2.17. The zero-order chi connectivity index (χ0) is 15.7. The molecule has 0 spiro atoms. The van der Waals surface area contributed by atoms with Gasteiger partial charge in [0.2, 0.25) is 5.82 Å². The molecule has 8 nitrogen and oxygen atoms in total. The number of rotatable bonds is 4. The Labute approximate surface area is 125 Å². The van der Waals surface area contributed by atoms with E-state index in [4.69, 9.17) is 4.52 Å². The molecule has 3 aromatic rings. The normalized spacial score (nSPS) is 12.3. The minimum atomic E-state index is -0.528. The van der Waals surface area contributed by atoms with Crippen molar-refractivity contribution in [2.24, 2.45) is 0 Å². The molecule has 0 N–H and O–H groups in total. The SMILES string of the molecule is Cc1cc([N+](=O)[O-])nn1C(C)c1nc(-c2ccccc2)no1. The number of benzene rings is 1. The van der Waals surface area contributed by atoms with Crippen LogP contribution >= 0.6 is 0 Å². The zero-order valence-corrected chi connectivity index (χ0v) is 12.0. The smallest absolute Gasteiger partial charge is 0.358 e. The predicted molar refractivity (Wildman–Crippen MR) is 77.2 cm³/mol. The van der Waals surface area contributed by atoms with E-state index in [1.165, 1.54) is 10.7 Å². The van der Waals surface area contributed by atoms with Crippen molar-refractivity contribution in [1.29, 1.82) is 0 Å². The molecule has 2 heterocycles. The molecular formula is C14H13N5O3. The quantitative estimate of drug-likeness (QED) is 0.542. The Balaban J connectivity index is 1.92. The highest BCUT2D eigenvalue weighted by atomic mass is 16.6. The van der Waals surface area contributed by atoms with Crippen LogP contribution in [0.25, 0.3) is 11.4 Å². The number of nitro groups is 1. The highest BCUT2D eigenvalue weighted by Crippen LogP contribution is 2.23. The third kappa shape index (κ3) is 2.46. The van der Waals surface area contributed by atoms with Crippen LogP contribution in [0.5, 0.6) is 0 Å². The molecule has 0 saturated heterocycles. The lowest BCUT2D eigenvalue weighted by atomic mass is 10.2. The van der Waals surface area contributed by atoms with Crippen LogP contribution in [0.4, 0.5) is 5.82 Å². The Morgan fingerprint density at radius 1 is 1.32 bits per heavy atom. The first-order valence-electron chi connectivity index (χ1n) is 6.66. The van der Waals surface area contributed by atoms with E-state index < -0.39 is 11.0 Å². The average Bonchev–Trinajstić information content (AvgIpc) is 3.14. The summed E-state index contributed by atoms with van der Waals surface area (Å²) >= 11 is 0. The van der Waals surface area contributed by atoms with Crippen molar-refractivity contribution in [3.05, 3.63) is 58.1 Å². The third-order valence-corrected chi connectivity index (χ3v) is 3.29. The first kappa shape index (κ1) is 13.9. The maximum Gasteiger partial charge on any atom is 0.390 e. The molecule has 1 aromatic carbocycles. The molecule has 0 aliphatic carbocycles. The summed E-state index contributed by atoms with van der Waals surface area (Å²) in [6.45, 7) is 3.54. The Bertz CT molecular complexity index is 809. The maximum atomic E-state index is 10.8. The molecule has 3 rings (SSSR count). The van der Waals surface area contributed by atoms with Crippen molar-refractivity contribution in [2.75, 3.05) is 0 Å². The molecule has 8 heteroatoms. The van der Waals surface area contributed by atoms with Gasteiger partial charge in [0.25, 0.3) is 5.89 Å². The number of nitrogens with zero attached hydrogens (tertiary/aromatic N) is 5. The van der Waals surface area contributed by atoms with Gasteiger partial charge in [-0.1, -0.05) is 35.5 Å². The monoisotopic (exact) mass is 299 g/mol. The molecule has 1 atom stereocenters. The topological polar surface area (TPSA) is 99.9 Å². The summed E-state index contributed by atoms with van der Waals surface area (Å²) in [5.41, 5.74) is 1.49. The van der Waals surface area contributed by atoms with Gasteiger partial charge in [-0.3, -0.25) is 0 Å². The highest BCUT2D eigenvalue weighted by Gasteiger charge is 2.25. The van der Waals surface area contributed by atoms with E-state index in [-0.39, 0.29) is 5.82 Å². The van der Waals surface area contributed by atoms with Crippen molar-refractivity contribution in [2.45, 2.75) is 19.9 Å². The second kappa shape index (κ2) is 5.40. The summed E-state index contributed by atoms with van der Waals surface area (Å²) in [4.78, 5) is 14.6. The Morgan fingerprint density at radius 3 is 2.68 bits per heavy atom. The van der Waals surface area contributed by atoms with E-state index in [2.05, 4.69) is 15.2 Å². The molecule has 0 radical (unpaired) electrons. The van der Waals surface area contributed by atoms with Gasteiger partial charge < -0.3 is 14.6 Å². The molecule has 0 amide bonds. The van der Waals surface area contributed by atoms with Crippen LogP contribution in [0.1, 0.15) is 24.6 Å². The van der Waals surface area contributed by atoms with Crippen LogP contribution in [0.2, 0.25) is 0 Å². The molecular weight excluding hydrogens is 286 g/mol. The standard InChI is InChI=1S/C14H13N5O3/c1-9-8-12(19(20)21)16-18(9)10(2)14-15-13(17-22-14)11-6-4-3-5-7-11/h3-8,10H,1-2H3. The first-order valence-corrected chi connectivity index (χ1v) is 6.66. The van der Waals surface area contributed by atoms with Crippen molar-refractivity contribution in [3.63, 3.8) is 0 Å². The van der Waals surface area contributed by atoms with Gasteiger partial charge in [-0.15, -0.1) is 0 Å². The fraction of sp³-hybridized carbons (Fsp3) is 0.214. The van der Waals surface area contributed by atoms with E-state index in [9.17, 15) is 10.1 Å². The molecule has 2 aromatic heterocycles. The van der Waals surface area contributed by atoms with Gasteiger partial charge in [-0.2, -0.15) is 9.67 Å². The molecule has 0 aliphatic rings. The van der Waals surface area contributed by atoms with Crippen LogP contribution in [0.3, 0.4) is 0 Å². The number of hydrogen-bond donors (Lipinski definition) is 0. The molecule has 0 aliphatic heterocycles. The van der Waals surface area contributed by atoms with Crippen LogP contribution in [0.15, 0.2) is 40.9 Å². The van der Waals surface area contributed by atoms with Gasteiger partial charge in [-0.05, 0) is 18.8 Å². The van der Waals surface area contributed by atoms with E-state index in [0.29, 0.717) is 17.4 Å². The second-order valence-electron chi connectivity index (χ2n) is 4.84. The van der Waals surface area contributed by atoms with Gasteiger partial charge in [0.15, 0.2) is 0 Å². The second-order valence-corrected chi connectivity index (χ2v) is 4.84. The van der Waals surface area contributed by atoms with Crippen LogP contribution in [-0.4, -0.2) is 24.8 Å². The van der Waals surface area contributed by atoms with Crippen molar-refractivity contribution in [3.8, 4) is 11.4 Å². The van der Waals surface area contributed by atoms with Gasteiger partial charge in [0.1, 0.15) is 6.04 Å². The molecule has 112 valence electrons. The van der Waals surface area contributed by atoms with Gasteiger partial charge in [0.05, 0.1) is 16.9 Å². The summed E-state index contributed by atoms with van der Waals surface area (Å²) in [7, 11) is 0. The first-order chi connectivity index (χ1) is 10.6. The van der Waals surface area contributed by atoms with E-state index in [0.717, 1.165) is 5.56 Å². The van der Waals surface area contributed by atoms with Crippen molar-refractivity contribution < 1.29 is 9.45 Å². The highest BCUT2D eigenvalue weighted by molar-refractivity contribution is 5.53. The molecule has 22 heavy (non-hydrogen) atoms. The van der Waals surface area contributed by atoms with Gasteiger partial charge >= 0.3 is 5.82 Å². The summed E-state index contributed by atoms with van der Waals surface area (Å²) in [6, 6.07) is 10.4. The summed E-state index contributed by atoms with van der Waals surface area (Å²) in [5, 5.41) is 18.7. The number of hydrogen-bond acceptors (Lipinski definition) is 6. The molecule has 0 saturated carbocycles. The molecule has 1 unspecified atom stereocenters. The number of aryl methyl sites for hydroxylation is 1. The predicted octanol–water partition coefficient (Wildman–Crippen LogP) is 2.76. The minimum absolute atomic E-state index is 0.202. The zero-order valence-electron chi connectivity index (χ0n) is 12.0. The Hall–Kier alpha value is -3.03. The largest absolute Gasteiger partial charge is 0.390 e. The van der Waals surface area contributed by atoms with Crippen molar-refractivity contribution in [1.82, 2.24) is 19.9 Å². The van der Waals surface area contributed by atoms with Crippen LogP contribution in [0, 0.1) is 17.0 Å². The summed E-state index contributed by atoms with van der Waals surface area (Å²) < 4.78 is 6.77. The van der Waals surface area contributed by atoms with Gasteiger partial charge in [0, 0.05) is 5.56 Å². The average molecular weight is 299 g/mol. The summed E-state index contributed by atoms with van der Waals surface area (Å²) in [5.74, 6) is 0.619. The van der Waals surface area contributed by atoms with Crippen LogP contribution < -0.4 is 0 Å². The van der Waals surface area contributed by atoms with E-state index >= 15 is 0 Å². The minimum Gasteiger partial charge on any atom is -0.358 e. The number of aromatic nitrogens is 4. The lowest BCUT2D eigenvalue weighted by Crippen LogP contribution is -2.10. The Morgan fingerprint density at radius 2 is 2.05 bits per heavy atom.